The summed E-state index contributed by atoms with van der Waals surface area (Å²) in [5.74, 6) is -5.29. The number of aromatic carboxylic acids is 2. The summed E-state index contributed by atoms with van der Waals surface area (Å²) in [4.78, 5) is 40.2. The molecule has 0 heterocycles. The molecule has 6 N–H and O–H groups in total. The molecule has 0 radical (unpaired) electrons. The lowest BCUT2D eigenvalue weighted by molar-refractivity contribution is -0.165. The monoisotopic (exact) mass is 422 g/mol. The second kappa shape index (κ2) is 12.6. The van der Waals surface area contributed by atoms with Crippen LogP contribution in [0.5, 0.6) is 0 Å². The van der Waals surface area contributed by atoms with E-state index in [4.69, 9.17) is 30.6 Å². The fourth-order valence-electron chi connectivity index (χ4n) is 1.66. The van der Waals surface area contributed by atoms with Crippen LogP contribution in [0.4, 0.5) is 0 Å². The molecule has 2 aromatic carbocycles. The molecule has 0 bridgehead atoms. The number of aliphatic hydroxyl groups excluding tert-OH is 2. The van der Waals surface area contributed by atoms with Gasteiger partial charge in [-0.15, -0.1) is 0 Å². The summed E-state index contributed by atoms with van der Waals surface area (Å²) < 4.78 is 0. The van der Waals surface area contributed by atoms with Gasteiger partial charge < -0.3 is 30.6 Å². The van der Waals surface area contributed by atoms with Gasteiger partial charge in [-0.25, -0.2) is 19.2 Å². The minimum atomic E-state index is -2.27. The van der Waals surface area contributed by atoms with E-state index in [1.54, 1.807) is 48.5 Å². The van der Waals surface area contributed by atoms with E-state index in [9.17, 15) is 19.2 Å². The number of aliphatic hydroxyl groups is 2. The van der Waals surface area contributed by atoms with Crippen LogP contribution in [0.25, 0.3) is 0 Å². The van der Waals surface area contributed by atoms with Crippen LogP contribution in [0.2, 0.25) is 0 Å². The summed E-state index contributed by atoms with van der Waals surface area (Å²) >= 11 is 0. The Bertz CT molecular complexity index is 783. The molecule has 0 saturated heterocycles. The zero-order valence-corrected chi connectivity index (χ0v) is 16.1. The highest BCUT2D eigenvalue weighted by Crippen LogP contribution is 2.02. The highest BCUT2D eigenvalue weighted by Gasteiger charge is 2.29. The Balaban J connectivity index is 0.000000420. The van der Waals surface area contributed by atoms with Gasteiger partial charge in [-0.05, 0) is 38.1 Å². The van der Waals surface area contributed by atoms with E-state index in [2.05, 4.69) is 0 Å². The predicted octanol–water partition coefficient (Wildman–Crippen LogP) is 1.26. The van der Waals surface area contributed by atoms with Crippen molar-refractivity contribution in [3.63, 3.8) is 0 Å². The maximum absolute atomic E-state index is 10.3. The van der Waals surface area contributed by atoms with Crippen molar-refractivity contribution < 1.29 is 49.8 Å². The Hall–Kier alpha value is -3.76. The highest BCUT2D eigenvalue weighted by molar-refractivity contribution is 5.88. The molecule has 0 aromatic heterocycles. The molecule has 0 aliphatic rings. The first-order valence-corrected chi connectivity index (χ1v) is 8.28. The van der Waals surface area contributed by atoms with Gasteiger partial charge in [0.05, 0.1) is 11.1 Å². The topological polar surface area (TPSA) is 190 Å². The average molecular weight is 422 g/mol. The molecule has 10 nitrogen and oxygen atoms in total. The standard InChI is InChI=1S/2C8H8O2.C4H6O6/c2*1-6-2-4-7(5-3-6)8(9)10;5-1(3(7)8)2(6)4(9)10/h2*2-5H,1H3,(H,9,10);1-2,5-6H,(H,7,8)(H,9,10). The number of aliphatic carboxylic acids is 2. The van der Waals surface area contributed by atoms with Crippen molar-refractivity contribution in [3.05, 3.63) is 70.8 Å². The van der Waals surface area contributed by atoms with E-state index in [-0.39, 0.29) is 0 Å². The maximum Gasteiger partial charge on any atom is 0.335 e. The van der Waals surface area contributed by atoms with Crippen LogP contribution >= 0.6 is 0 Å². The molecule has 2 atom stereocenters. The predicted molar refractivity (Wildman–Crippen MR) is 104 cm³/mol. The Labute approximate surface area is 171 Å². The number of carbonyl (C=O) groups is 4. The van der Waals surface area contributed by atoms with Crippen molar-refractivity contribution in [1.82, 2.24) is 0 Å². The minimum absolute atomic E-state index is 0.339. The van der Waals surface area contributed by atoms with Crippen LogP contribution < -0.4 is 0 Å². The third-order valence-electron chi connectivity index (χ3n) is 3.40. The van der Waals surface area contributed by atoms with Gasteiger partial charge in [-0.2, -0.15) is 0 Å². The number of aryl methyl sites for hydroxylation is 2. The quantitative estimate of drug-likeness (QED) is 0.409. The first-order valence-electron chi connectivity index (χ1n) is 8.28. The summed E-state index contributed by atoms with van der Waals surface area (Å²) in [5, 5.41) is 49.5. The zero-order chi connectivity index (χ0) is 23.4. The molecule has 2 rings (SSSR count). The van der Waals surface area contributed by atoms with Gasteiger partial charge in [0.2, 0.25) is 0 Å². The van der Waals surface area contributed by atoms with Crippen molar-refractivity contribution in [2.24, 2.45) is 0 Å². The van der Waals surface area contributed by atoms with Crippen LogP contribution in [-0.4, -0.2) is 66.7 Å². The molecule has 2 aromatic rings. The maximum atomic E-state index is 10.3. The Kier molecular flexibility index (Phi) is 11.1. The van der Waals surface area contributed by atoms with Gasteiger partial charge in [-0.3, -0.25) is 0 Å². The summed E-state index contributed by atoms with van der Waals surface area (Å²) in [6.07, 6.45) is -4.53. The smallest absolute Gasteiger partial charge is 0.335 e. The molecule has 2 unspecified atom stereocenters. The number of benzene rings is 2. The van der Waals surface area contributed by atoms with Crippen molar-refractivity contribution in [2.45, 2.75) is 26.1 Å². The fraction of sp³-hybridized carbons (Fsp3) is 0.200. The fourth-order valence-corrected chi connectivity index (χ4v) is 1.66. The summed E-state index contributed by atoms with van der Waals surface area (Å²) in [5.41, 5.74) is 2.83. The van der Waals surface area contributed by atoms with Gasteiger partial charge in [0.25, 0.3) is 0 Å². The van der Waals surface area contributed by atoms with Crippen molar-refractivity contribution in [3.8, 4) is 0 Å². The Morgan fingerprint density at radius 2 is 0.800 bits per heavy atom. The third kappa shape index (κ3) is 9.97. The second-order valence-electron chi connectivity index (χ2n) is 5.91. The normalized spacial score (nSPS) is 11.5. The molecular weight excluding hydrogens is 400 g/mol. The van der Waals surface area contributed by atoms with Crippen LogP contribution in [0.3, 0.4) is 0 Å². The molecule has 0 spiro atoms. The summed E-state index contributed by atoms with van der Waals surface area (Å²) in [7, 11) is 0. The number of rotatable bonds is 5. The Morgan fingerprint density at radius 3 is 0.967 bits per heavy atom. The zero-order valence-electron chi connectivity index (χ0n) is 16.1. The van der Waals surface area contributed by atoms with E-state index < -0.39 is 36.1 Å². The summed E-state index contributed by atoms with van der Waals surface area (Å²) in [6.45, 7) is 3.84. The SMILES string of the molecule is Cc1ccc(C(=O)O)cc1.Cc1ccc(C(=O)O)cc1.O=C(O)C(O)C(O)C(=O)O. The van der Waals surface area contributed by atoms with E-state index in [1.807, 2.05) is 13.8 Å². The van der Waals surface area contributed by atoms with Crippen LogP contribution in [0, 0.1) is 13.8 Å². The minimum Gasteiger partial charge on any atom is -0.479 e. The van der Waals surface area contributed by atoms with Gasteiger partial charge in [0.15, 0.2) is 12.2 Å². The number of carboxylic acid groups (broad SMARTS) is 4. The molecule has 0 saturated carbocycles. The largest absolute Gasteiger partial charge is 0.479 e. The lowest BCUT2D eigenvalue weighted by atomic mass is 10.2. The van der Waals surface area contributed by atoms with Crippen LogP contribution in [0.15, 0.2) is 48.5 Å². The van der Waals surface area contributed by atoms with E-state index in [1.165, 1.54) is 0 Å². The van der Waals surface area contributed by atoms with Crippen molar-refractivity contribution >= 4 is 23.9 Å². The molecule has 0 amide bonds. The average Bonchev–Trinajstić information content (AvgIpc) is 2.68. The molecule has 0 aliphatic carbocycles. The lowest BCUT2D eigenvalue weighted by Gasteiger charge is -2.07. The third-order valence-corrected chi connectivity index (χ3v) is 3.40. The number of carboxylic acids is 4. The first kappa shape index (κ1) is 26.2. The molecule has 162 valence electrons. The molecule has 30 heavy (non-hydrogen) atoms. The van der Waals surface area contributed by atoms with Gasteiger partial charge >= 0.3 is 23.9 Å². The number of hydrogen-bond donors (Lipinski definition) is 6. The van der Waals surface area contributed by atoms with E-state index >= 15 is 0 Å². The Morgan fingerprint density at radius 1 is 0.567 bits per heavy atom. The number of hydrogen-bond acceptors (Lipinski definition) is 6. The highest BCUT2D eigenvalue weighted by atomic mass is 16.4. The van der Waals surface area contributed by atoms with Gasteiger partial charge in [0, 0.05) is 0 Å². The van der Waals surface area contributed by atoms with Crippen LogP contribution in [-0.2, 0) is 9.59 Å². The molecule has 0 aliphatic heterocycles. The van der Waals surface area contributed by atoms with Gasteiger partial charge in [0.1, 0.15) is 0 Å². The van der Waals surface area contributed by atoms with E-state index in [0.29, 0.717) is 11.1 Å². The second-order valence-corrected chi connectivity index (χ2v) is 5.91. The van der Waals surface area contributed by atoms with Crippen molar-refractivity contribution in [1.29, 1.82) is 0 Å². The molecule has 0 fully saturated rings. The molecule has 10 heteroatoms. The molecular formula is C20H22O10. The van der Waals surface area contributed by atoms with Crippen LogP contribution in [0.1, 0.15) is 31.8 Å². The summed E-state index contributed by atoms with van der Waals surface area (Å²) in [6, 6.07) is 13.5. The lowest BCUT2D eigenvalue weighted by Crippen LogP contribution is -2.39. The van der Waals surface area contributed by atoms with Crippen molar-refractivity contribution in [2.75, 3.05) is 0 Å². The van der Waals surface area contributed by atoms with Gasteiger partial charge in [-0.1, -0.05) is 35.4 Å². The first-order chi connectivity index (χ1) is 13.9. The van der Waals surface area contributed by atoms with E-state index in [0.717, 1.165) is 11.1 Å².